The summed E-state index contributed by atoms with van der Waals surface area (Å²) in [6.45, 7) is 0. The number of rotatable bonds is 3. The number of aliphatic hydroxyl groups is 1. The minimum absolute atomic E-state index is 0.0138. The molecule has 2 rings (SSSR count). The van der Waals surface area contributed by atoms with Crippen molar-refractivity contribution in [2.24, 2.45) is 0 Å². The molecule has 2 unspecified atom stereocenters. The normalized spacial score (nSPS) is 24.1. The maximum absolute atomic E-state index is 11.4. The van der Waals surface area contributed by atoms with E-state index in [1.807, 2.05) is 0 Å². The number of nitrogens with two attached hydrogens (primary N) is 1. The third-order valence-electron chi connectivity index (χ3n) is 3.52. The van der Waals surface area contributed by atoms with E-state index >= 15 is 0 Å². The second kappa shape index (κ2) is 5.38. The molecule has 0 aliphatic heterocycles. The predicted molar refractivity (Wildman–Crippen MR) is 75.8 cm³/mol. The van der Waals surface area contributed by atoms with Gasteiger partial charge < -0.3 is 16.2 Å². The smallest absolute Gasteiger partial charge is 0.175 e. The Morgan fingerprint density at radius 1 is 1.32 bits per heavy atom. The first kappa shape index (κ1) is 14.1. The van der Waals surface area contributed by atoms with Crippen LogP contribution in [0.3, 0.4) is 0 Å². The first-order valence-electron chi connectivity index (χ1n) is 6.42. The van der Waals surface area contributed by atoms with Crippen molar-refractivity contribution in [1.82, 2.24) is 0 Å². The number of aliphatic hydroxyl groups excluding tert-OH is 1. The Morgan fingerprint density at radius 3 is 2.58 bits per heavy atom. The van der Waals surface area contributed by atoms with Gasteiger partial charge in [0, 0.05) is 6.26 Å². The molecule has 106 valence electrons. The van der Waals surface area contributed by atoms with Crippen molar-refractivity contribution in [3.05, 3.63) is 18.2 Å². The Bertz CT molecular complexity index is 557. The van der Waals surface area contributed by atoms with E-state index in [4.69, 9.17) is 5.73 Å². The van der Waals surface area contributed by atoms with Crippen LogP contribution >= 0.6 is 0 Å². The maximum Gasteiger partial charge on any atom is 0.175 e. The summed E-state index contributed by atoms with van der Waals surface area (Å²) >= 11 is 0. The summed E-state index contributed by atoms with van der Waals surface area (Å²) in [5.41, 5.74) is 6.94. The molecule has 1 saturated carbocycles. The Hall–Kier alpha value is -1.27. The lowest BCUT2D eigenvalue weighted by molar-refractivity contribution is 0.116. The van der Waals surface area contributed by atoms with E-state index in [9.17, 15) is 13.5 Å². The summed E-state index contributed by atoms with van der Waals surface area (Å²) in [5.74, 6) is 0. The summed E-state index contributed by atoms with van der Waals surface area (Å²) in [5, 5.41) is 13.1. The fourth-order valence-electron chi connectivity index (χ4n) is 2.38. The lowest BCUT2D eigenvalue weighted by Crippen LogP contribution is -2.36. The van der Waals surface area contributed by atoms with E-state index in [2.05, 4.69) is 5.32 Å². The van der Waals surface area contributed by atoms with E-state index in [0.29, 0.717) is 11.4 Å². The van der Waals surface area contributed by atoms with E-state index in [1.54, 1.807) is 6.07 Å². The van der Waals surface area contributed by atoms with Crippen LogP contribution < -0.4 is 11.1 Å². The van der Waals surface area contributed by atoms with Gasteiger partial charge in [0.25, 0.3) is 0 Å². The number of hydrogen-bond acceptors (Lipinski definition) is 5. The SMILES string of the molecule is CS(=O)(=O)c1ccc(NC2CCCCC2O)c(N)c1. The molecule has 0 bridgehead atoms. The van der Waals surface area contributed by atoms with Crippen LogP contribution in [0.4, 0.5) is 11.4 Å². The summed E-state index contributed by atoms with van der Waals surface area (Å²) in [4.78, 5) is 0.208. The number of nitrogen functional groups attached to an aromatic ring is 1. The van der Waals surface area contributed by atoms with Gasteiger partial charge in [0.05, 0.1) is 28.4 Å². The molecule has 0 amide bonds. The first-order valence-corrected chi connectivity index (χ1v) is 8.31. The van der Waals surface area contributed by atoms with Crippen LogP contribution in [0, 0.1) is 0 Å². The fraction of sp³-hybridized carbons (Fsp3) is 0.538. The van der Waals surface area contributed by atoms with Crippen molar-refractivity contribution in [3.8, 4) is 0 Å². The molecule has 0 heterocycles. The Morgan fingerprint density at radius 2 is 2.00 bits per heavy atom. The van der Waals surface area contributed by atoms with Gasteiger partial charge in [-0.15, -0.1) is 0 Å². The average Bonchev–Trinajstić information content (AvgIpc) is 2.33. The molecule has 1 aliphatic rings. The number of sulfone groups is 1. The summed E-state index contributed by atoms with van der Waals surface area (Å²) < 4.78 is 22.8. The van der Waals surface area contributed by atoms with E-state index in [1.165, 1.54) is 12.1 Å². The third kappa shape index (κ3) is 3.39. The van der Waals surface area contributed by atoms with Gasteiger partial charge in [-0.25, -0.2) is 8.42 Å². The number of anilines is 2. The maximum atomic E-state index is 11.4. The molecular weight excluding hydrogens is 264 g/mol. The fourth-order valence-corrected chi connectivity index (χ4v) is 3.04. The molecule has 0 radical (unpaired) electrons. The summed E-state index contributed by atoms with van der Waals surface area (Å²) in [7, 11) is -3.24. The average molecular weight is 284 g/mol. The second-order valence-electron chi connectivity index (χ2n) is 5.12. The number of hydrogen-bond donors (Lipinski definition) is 3. The van der Waals surface area contributed by atoms with E-state index in [-0.39, 0.29) is 17.0 Å². The Kier molecular flexibility index (Phi) is 4.01. The Balaban J connectivity index is 2.17. The molecule has 0 spiro atoms. The topological polar surface area (TPSA) is 92.4 Å². The molecule has 1 aliphatic carbocycles. The quantitative estimate of drug-likeness (QED) is 0.729. The van der Waals surface area contributed by atoms with Crippen molar-refractivity contribution < 1.29 is 13.5 Å². The number of nitrogens with one attached hydrogen (secondary N) is 1. The van der Waals surface area contributed by atoms with Gasteiger partial charge in [-0.05, 0) is 31.0 Å². The van der Waals surface area contributed by atoms with Crippen molar-refractivity contribution >= 4 is 21.2 Å². The highest BCUT2D eigenvalue weighted by Crippen LogP contribution is 2.27. The summed E-state index contributed by atoms with van der Waals surface area (Å²) in [6, 6.07) is 4.63. The zero-order valence-corrected chi connectivity index (χ0v) is 11.8. The lowest BCUT2D eigenvalue weighted by atomic mass is 9.92. The molecule has 2 atom stereocenters. The zero-order chi connectivity index (χ0) is 14.0. The van der Waals surface area contributed by atoms with Crippen LogP contribution in [-0.2, 0) is 9.84 Å². The molecule has 0 aromatic heterocycles. The van der Waals surface area contributed by atoms with Crippen LogP contribution in [0.1, 0.15) is 25.7 Å². The highest BCUT2D eigenvalue weighted by atomic mass is 32.2. The standard InChI is InChI=1S/C13H20N2O3S/c1-19(17,18)9-6-7-11(10(14)8-9)15-12-4-2-3-5-13(12)16/h6-8,12-13,15-16H,2-5,14H2,1H3. The molecule has 0 saturated heterocycles. The highest BCUT2D eigenvalue weighted by molar-refractivity contribution is 7.90. The molecule has 4 N–H and O–H groups in total. The molecule has 1 fully saturated rings. The van der Waals surface area contributed by atoms with Gasteiger partial charge in [0.15, 0.2) is 9.84 Å². The van der Waals surface area contributed by atoms with Gasteiger partial charge in [-0.2, -0.15) is 0 Å². The minimum atomic E-state index is -3.24. The summed E-state index contributed by atoms with van der Waals surface area (Å²) in [6.07, 6.45) is 4.59. The molecule has 6 heteroatoms. The first-order chi connectivity index (χ1) is 8.88. The molecular formula is C13H20N2O3S. The molecule has 1 aromatic rings. The van der Waals surface area contributed by atoms with Crippen molar-refractivity contribution in [2.45, 2.75) is 42.7 Å². The third-order valence-corrected chi connectivity index (χ3v) is 4.63. The van der Waals surface area contributed by atoms with Gasteiger partial charge in [0.2, 0.25) is 0 Å². The second-order valence-corrected chi connectivity index (χ2v) is 7.14. The van der Waals surface area contributed by atoms with Crippen LogP contribution in [0.15, 0.2) is 23.1 Å². The minimum Gasteiger partial charge on any atom is -0.397 e. The van der Waals surface area contributed by atoms with E-state index in [0.717, 1.165) is 31.9 Å². The predicted octanol–water partition coefficient (Wildman–Crippen LogP) is 1.39. The Labute approximate surface area is 113 Å². The zero-order valence-electron chi connectivity index (χ0n) is 11.0. The van der Waals surface area contributed by atoms with Crippen molar-refractivity contribution in [1.29, 1.82) is 0 Å². The molecule has 19 heavy (non-hydrogen) atoms. The van der Waals surface area contributed by atoms with Crippen LogP contribution in [0.2, 0.25) is 0 Å². The van der Waals surface area contributed by atoms with Crippen LogP contribution in [-0.4, -0.2) is 31.9 Å². The largest absolute Gasteiger partial charge is 0.397 e. The monoisotopic (exact) mass is 284 g/mol. The van der Waals surface area contributed by atoms with Crippen LogP contribution in [0.5, 0.6) is 0 Å². The van der Waals surface area contributed by atoms with Gasteiger partial charge in [-0.1, -0.05) is 12.8 Å². The van der Waals surface area contributed by atoms with Gasteiger partial charge in [-0.3, -0.25) is 0 Å². The van der Waals surface area contributed by atoms with Gasteiger partial charge in [0.1, 0.15) is 0 Å². The lowest BCUT2D eigenvalue weighted by Gasteiger charge is -2.29. The van der Waals surface area contributed by atoms with Gasteiger partial charge >= 0.3 is 0 Å². The van der Waals surface area contributed by atoms with Crippen molar-refractivity contribution in [2.75, 3.05) is 17.3 Å². The van der Waals surface area contributed by atoms with E-state index < -0.39 is 9.84 Å². The van der Waals surface area contributed by atoms with Crippen LogP contribution in [0.25, 0.3) is 0 Å². The molecule has 5 nitrogen and oxygen atoms in total. The highest BCUT2D eigenvalue weighted by Gasteiger charge is 2.23. The van der Waals surface area contributed by atoms with Crippen molar-refractivity contribution in [3.63, 3.8) is 0 Å². The number of benzene rings is 1. The molecule has 1 aromatic carbocycles.